The van der Waals surface area contributed by atoms with Gasteiger partial charge in [-0.05, 0) is 44.6 Å². The zero-order chi connectivity index (χ0) is 16.3. The summed E-state index contributed by atoms with van der Waals surface area (Å²) in [5, 5.41) is 4.13. The van der Waals surface area contributed by atoms with Gasteiger partial charge in [0.05, 0.1) is 11.4 Å². The molecule has 0 spiro atoms. The van der Waals surface area contributed by atoms with Crippen molar-refractivity contribution in [3.05, 3.63) is 30.5 Å². The van der Waals surface area contributed by atoms with Crippen molar-refractivity contribution in [2.45, 2.75) is 26.4 Å². The topological polar surface area (TPSA) is 63.3 Å². The van der Waals surface area contributed by atoms with Gasteiger partial charge in [0.15, 0.2) is 0 Å². The molecule has 7 heteroatoms. The quantitative estimate of drug-likeness (QED) is 0.816. The summed E-state index contributed by atoms with van der Waals surface area (Å²) < 4.78 is 2.21. The van der Waals surface area contributed by atoms with Crippen LogP contribution in [0.4, 0.5) is 5.69 Å². The molecule has 0 bridgehead atoms. The van der Waals surface area contributed by atoms with Crippen LogP contribution in [0.15, 0.2) is 30.5 Å². The van der Waals surface area contributed by atoms with Crippen LogP contribution in [0.25, 0.3) is 10.9 Å². The Balaban J connectivity index is 0.00000264. The number of nitrogens with zero attached hydrogens (tertiary/aromatic N) is 2. The first kappa shape index (κ1) is 22.7. The predicted molar refractivity (Wildman–Crippen MR) is 106 cm³/mol. The molecule has 0 saturated heterocycles. The van der Waals surface area contributed by atoms with Crippen LogP contribution < -0.4 is 11.1 Å². The Morgan fingerprint density at radius 2 is 1.92 bits per heavy atom. The molecule has 0 aliphatic rings. The van der Waals surface area contributed by atoms with Crippen LogP contribution in [-0.2, 0) is 11.3 Å². The summed E-state index contributed by atoms with van der Waals surface area (Å²) in [7, 11) is 4.12. The van der Waals surface area contributed by atoms with Gasteiger partial charge in [-0.15, -0.1) is 24.8 Å². The van der Waals surface area contributed by atoms with E-state index >= 15 is 0 Å². The predicted octanol–water partition coefficient (Wildman–Crippen LogP) is 2.97. The number of aromatic nitrogens is 1. The van der Waals surface area contributed by atoms with Gasteiger partial charge < -0.3 is 20.5 Å². The third-order valence-corrected chi connectivity index (χ3v) is 4.03. The first-order valence-electron chi connectivity index (χ1n) is 7.68. The number of amides is 1. The average Bonchev–Trinajstić information content (AvgIpc) is 2.86. The van der Waals surface area contributed by atoms with E-state index in [2.05, 4.69) is 41.1 Å². The smallest absolute Gasteiger partial charge is 0.228 e. The number of hydrogen-bond donors (Lipinski definition) is 2. The van der Waals surface area contributed by atoms with E-state index in [1.807, 2.05) is 32.0 Å². The van der Waals surface area contributed by atoms with Crippen molar-refractivity contribution in [2.75, 3.05) is 26.0 Å². The van der Waals surface area contributed by atoms with Crippen molar-refractivity contribution >= 4 is 47.3 Å². The molecule has 1 amide bonds. The molecule has 1 aromatic carbocycles. The van der Waals surface area contributed by atoms with E-state index in [4.69, 9.17) is 5.73 Å². The van der Waals surface area contributed by atoms with E-state index in [1.54, 1.807) is 0 Å². The average molecular weight is 375 g/mol. The molecule has 0 aliphatic heterocycles. The first-order valence-corrected chi connectivity index (χ1v) is 7.68. The Morgan fingerprint density at radius 3 is 2.50 bits per heavy atom. The molecule has 0 fully saturated rings. The van der Waals surface area contributed by atoms with E-state index in [1.165, 1.54) is 5.39 Å². The van der Waals surface area contributed by atoms with Crippen molar-refractivity contribution < 1.29 is 4.79 Å². The van der Waals surface area contributed by atoms with E-state index < -0.39 is 0 Å². The van der Waals surface area contributed by atoms with E-state index in [0.717, 1.165) is 24.3 Å². The number of halogens is 2. The van der Waals surface area contributed by atoms with Gasteiger partial charge in [-0.1, -0.05) is 13.0 Å². The Labute approximate surface area is 156 Å². The zero-order valence-electron chi connectivity index (χ0n) is 14.7. The van der Waals surface area contributed by atoms with E-state index in [0.29, 0.717) is 0 Å². The third-order valence-electron chi connectivity index (χ3n) is 4.03. The fraction of sp³-hybridized carbons (Fsp3) is 0.471. The maximum absolute atomic E-state index is 12.1. The van der Waals surface area contributed by atoms with Crippen LogP contribution >= 0.6 is 24.8 Å². The fourth-order valence-electron chi connectivity index (χ4n) is 2.26. The van der Waals surface area contributed by atoms with Gasteiger partial charge >= 0.3 is 0 Å². The van der Waals surface area contributed by atoms with Crippen molar-refractivity contribution in [2.24, 2.45) is 11.7 Å². The number of nitrogens with two attached hydrogens (primary N) is 1. The van der Waals surface area contributed by atoms with Crippen LogP contribution in [0.2, 0.25) is 0 Å². The number of carbonyl (C=O) groups excluding carboxylic acids is 1. The van der Waals surface area contributed by atoms with Crippen LogP contribution in [0.5, 0.6) is 0 Å². The number of anilines is 1. The molecule has 0 aliphatic carbocycles. The molecular formula is C17H28Cl2N4O. The van der Waals surface area contributed by atoms with E-state index in [9.17, 15) is 4.79 Å². The van der Waals surface area contributed by atoms with Crippen molar-refractivity contribution in [3.8, 4) is 0 Å². The van der Waals surface area contributed by atoms with Gasteiger partial charge in [0, 0.05) is 31.0 Å². The van der Waals surface area contributed by atoms with Gasteiger partial charge in [0.1, 0.15) is 0 Å². The lowest BCUT2D eigenvalue weighted by Crippen LogP contribution is -2.34. The number of likely N-dealkylation sites (N-methyl/N-ethyl adjacent to an activating group) is 1. The highest BCUT2D eigenvalue weighted by Crippen LogP contribution is 2.21. The minimum absolute atomic E-state index is 0. The Kier molecular flexibility index (Phi) is 9.37. The fourth-order valence-corrected chi connectivity index (χ4v) is 2.26. The molecule has 1 aromatic heterocycles. The second kappa shape index (κ2) is 9.89. The molecule has 24 heavy (non-hydrogen) atoms. The normalized spacial score (nSPS) is 13.1. The van der Waals surface area contributed by atoms with Crippen LogP contribution in [-0.4, -0.2) is 42.1 Å². The van der Waals surface area contributed by atoms with Gasteiger partial charge in [0.25, 0.3) is 0 Å². The Hall–Kier alpha value is -1.27. The summed E-state index contributed by atoms with van der Waals surface area (Å²) in [6.07, 6.45) is 2.09. The lowest BCUT2D eigenvalue weighted by atomic mass is 10.0. The lowest BCUT2D eigenvalue weighted by molar-refractivity contribution is -0.119. The standard InChI is InChI=1S/C17H26N4O.2ClH/c1-12(13(2)18)17(22)19-15-6-5-14-7-8-21(16(14)11-15)10-9-20(3)4;;/h5-8,11-13H,9-10,18H2,1-4H3,(H,19,22);2*1H. The number of benzene rings is 1. The second-order valence-corrected chi connectivity index (χ2v) is 6.22. The lowest BCUT2D eigenvalue weighted by Gasteiger charge is -2.16. The first-order chi connectivity index (χ1) is 10.4. The number of fused-ring (bicyclic) bond motifs is 1. The summed E-state index contributed by atoms with van der Waals surface area (Å²) in [4.78, 5) is 14.3. The largest absolute Gasteiger partial charge is 0.346 e. The van der Waals surface area contributed by atoms with E-state index in [-0.39, 0.29) is 42.7 Å². The van der Waals surface area contributed by atoms with Gasteiger partial charge in [-0.2, -0.15) is 0 Å². The molecule has 0 saturated carbocycles. The maximum atomic E-state index is 12.1. The van der Waals surface area contributed by atoms with Crippen molar-refractivity contribution in [1.29, 1.82) is 0 Å². The summed E-state index contributed by atoms with van der Waals surface area (Å²) in [5.74, 6) is -0.253. The number of carbonyl (C=O) groups is 1. The van der Waals surface area contributed by atoms with Gasteiger partial charge in [-0.3, -0.25) is 4.79 Å². The second-order valence-electron chi connectivity index (χ2n) is 6.22. The minimum Gasteiger partial charge on any atom is -0.346 e. The summed E-state index contributed by atoms with van der Waals surface area (Å²) in [6, 6.07) is 7.93. The van der Waals surface area contributed by atoms with Crippen molar-refractivity contribution in [3.63, 3.8) is 0 Å². The Morgan fingerprint density at radius 1 is 1.25 bits per heavy atom. The van der Waals surface area contributed by atoms with Gasteiger partial charge in [0.2, 0.25) is 5.91 Å². The highest BCUT2D eigenvalue weighted by Gasteiger charge is 2.17. The summed E-state index contributed by atoms with van der Waals surface area (Å²) >= 11 is 0. The summed E-state index contributed by atoms with van der Waals surface area (Å²) in [6.45, 7) is 5.59. The van der Waals surface area contributed by atoms with Crippen LogP contribution in [0, 0.1) is 5.92 Å². The van der Waals surface area contributed by atoms with Crippen LogP contribution in [0.1, 0.15) is 13.8 Å². The SMILES string of the molecule is CC(N)C(C)C(=O)Nc1ccc2ccn(CCN(C)C)c2c1.Cl.Cl. The number of rotatable bonds is 6. The van der Waals surface area contributed by atoms with Gasteiger partial charge in [-0.25, -0.2) is 0 Å². The molecule has 2 unspecified atom stereocenters. The maximum Gasteiger partial charge on any atom is 0.228 e. The molecule has 1 heterocycles. The Bertz CT molecular complexity index is 655. The molecule has 0 radical (unpaired) electrons. The molecule has 2 rings (SSSR count). The van der Waals surface area contributed by atoms with Crippen molar-refractivity contribution in [1.82, 2.24) is 9.47 Å². The number of nitrogens with one attached hydrogen (secondary N) is 1. The molecule has 5 nitrogen and oxygen atoms in total. The molecule has 136 valence electrons. The monoisotopic (exact) mass is 374 g/mol. The highest BCUT2D eigenvalue weighted by atomic mass is 35.5. The highest BCUT2D eigenvalue weighted by molar-refractivity contribution is 5.95. The molecular weight excluding hydrogens is 347 g/mol. The minimum atomic E-state index is -0.212. The van der Waals surface area contributed by atoms with Crippen LogP contribution in [0.3, 0.4) is 0 Å². The zero-order valence-corrected chi connectivity index (χ0v) is 16.3. The number of hydrogen-bond acceptors (Lipinski definition) is 3. The summed E-state index contributed by atoms with van der Waals surface area (Å²) in [5.41, 5.74) is 7.73. The molecule has 2 atom stereocenters. The molecule has 3 N–H and O–H groups in total. The third kappa shape index (κ3) is 5.67. The molecule has 2 aromatic rings.